The summed E-state index contributed by atoms with van der Waals surface area (Å²) in [5.74, 6) is -0.651. The summed E-state index contributed by atoms with van der Waals surface area (Å²) in [7, 11) is 0. The van der Waals surface area contributed by atoms with Crippen LogP contribution in [-0.2, 0) is 0 Å². The molecule has 1 unspecified atom stereocenters. The maximum atomic E-state index is 13.4. The number of nitrogen functional groups attached to an aromatic ring is 1. The van der Waals surface area contributed by atoms with Gasteiger partial charge in [0, 0.05) is 5.25 Å². The molecule has 0 aliphatic heterocycles. The van der Waals surface area contributed by atoms with Gasteiger partial charge in [0.2, 0.25) is 0 Å². The van der Waals surface area contributed by atoms with Gasteiger partial charge in [0.15, 0.2) is 0 Å². The first-order valence-electron chi connectivity index (χ1n) is 4.23. The highest BCUT2D eigenvalue weighted by Crippen LogP contribution is 2.26. The molecule has 1 rings (SSSR count). The van der Waals surface area contributed by atoms with Gasteiger partial charge in [0.25, 0.3) is 0 Å². The number of benzene rings is 1. The van der Waals surface area contributed by atoms with Gasteiger partial charge in [-0.1, -0.05) is 6.07 Å². The lowest BCUT2D eigenvalue weighted by Crippen LogP contribution is -2.13. The van der Waals surface area contributed by atoms with Crippen LogP contribution in [-0.4, -0.2) is 12.1 Å². The van der Waals surface area contributed by atoms with Crippen molar-refractivity contribution in [3.8, 4) is 0 Å². The molecule has 4 heteroatoms. The minimum Gasteiger partial charge on any atom is -0.384 e. The van der Waals surface area contributed by atoms with Crippen LogP contribution in [0.4, 0.5) is 4.39 Å². The molecular formula is C10H13FN2S. The molecule has 0 spiro atoms. The van der Waals surface area contributed by atoms with Crippen molar-refractivity contribution in [2.45, 2.75) is 12.2 Å². The second-order valence-corrected chi connectivity index (χ2v) is 4.21. The molecule has 0 saturated heterocycles. The van der Waals surface area contributed by atoms with Crippen LogP contribution in [0.25, 0.3) is 0 Å². The second-order valence-electron chi connectivity index (χ2n) is 3.03. The Labute approximate surface area is 87.2 Å². The van der Waals surface area contributed by atoms with E-state index in [-0.39, 0.29) is 16.6 Å². The van der Waals surface area contributed by atoms with E-state index in [1.165, 1.54) is 6.07 Å². The first-order valence-corrected chi connectivity index (χ1v) is 5.51. The van der Waals surface area contributed by atoms with Crippen molar-refractivity contribution in [3.63, 3.8) is 0 Å². The van der Waals surface area contributed by atoms with Crippen molar-refractivity contribution in [1.29, 1.82) is 5.41 Å². The van der Waals surface area contributed by atoms with Crippen molar-refractivity contribution < 1.29 is 4.39 Å². The average Bonchev–Trinajstić information content (AvgIpc) is 2.15. The van der Waals surface area contributed by atoms with Crippen LogP contribution in [0.5, 0.6) is 0 Å². The van der Waals surface area contributed by atoms with E-state index in [0.29, 0.717) is 0 Å². The number of thioether (sulfide) groups is 1. The molecule has 76 valence electrons. The van der Waals surface area contributed by atoms with Gasteiger partial charge < -0.3 is 5.73 Å². The van der Waals surface area contributed by atoms with Crippen LogP contribution in [0.3, 0.4) is 0 Å². The molecule has 0 fully saturated rings. The van der Waals surface area contributed by atoms with Crippen molar-refractivity contribution >= 4 is 17.6 Å². The van der Waals surface area contributed by atoms with E-state index in [2.05, 4.69) is 0 Å². The summed E-state index contributed by atoms with van der Waals surface area (Å²) >= 11 is 1.65. The minimum atomic E-state index is -0.420. The van der Waals surface area contributed by atoms with Crippen LogP contribution in [0.1, 0.15) is 23.3 Å². The molecule has 1 aromatic rings. The van der Waals surface area contributed by atoms with E-state index in [0.717, 1.165) is 5.56 Å². The molecule has 1 aromatic carbocycles. The monoisotopic (exact) mass is 212 g/mol. The number of amidine groups is 1. The highest BCUT2D eigenvalue weighted by molar-refractivity contribution is 7.98. The third-order valence-electron chi connectivity index (χ3n) is 2.11. The van der Waals surface area contributed by atoms with Gasteiger partial charge in [0.05, 0.1) is 5.56 Å². The Hall–Kier alpha value is -1.03. The SMILES string of the molecule is CSC(C)c1ccc(C(=N)N)c(F)c1. The summed E-state index contributed by atoms with van der Waals surface area (Å²) in [5.41, 5.74) is 6.30. The molecule has 0 amide bonds. The number of nitrogens with two attached hydrogens (primary N) is 1. The van der Waals surface area contributed by atoms with E-state index >= 15 is 0 Å². The Kier molecular flexibility index (Phi) is 3.52. The number of halogens is 1. The highest BCUT2D eigenvalue weighted by atomic mass is 32.2. The fourth-order valence-electron chi connectivity index (χ4n) is 1.14. The van der Waals surface area contributed by atoms with Gasteiger partial charge in [-0.2, -0.15) is 11.8 Å². The Morgan fingerprint density at radius 2 is 2.21 bits per heavy atom. The highest BCUT2D eigenvalue weighted by Gasteiger charge is 2.09. The predicted molar refractivity (Wildman–Crippen MR) is 59.3 cm³/mol. The summed E-state index contributed by atoms with van der Waals surface area (Å²) in [5, 5.41) is 7.39. The van der Waals surface area contributed by atoms with Crippen LogP contribution < -0.4 is 5.73 Å². The minimum absolute atomic E-state index is 0.169. The zero-order valence-corrected chi connectivity index (χ0v) is 8.99. The summed E-state index contributed by atoms with van der Waals surface area (Å²) in [6.45, 7) is 2.01. The molecule has 2 nitrogen and oxygen atoms in total. The van der Waals surface area contributed by atoms with Crippen molar-refractivity contribution in [2.75, 3.05) is 6.26 Å². The number of rotatable bonds is 3. The van der Waals surface area contributed by atoms with Gasteiger partial charge in [-0.25, -0.2) is 4.39 Å². The number of hydrogen-bond acceptors (Lipinski definition) is 2. The maximum Gasteiger partial charge on any atom is 0.134 e. The maximum absolute atomic E-state index is 13.4. The summed E-state index contributed by atoms with van der Waals surface area (Å²) in [6.07, 6.45) is 1.97. The summed E-state index contributed by atoms with van der Waals surface area (Å²) in [6, 6.07) is 4.80. The normalized spacial score (nSPS) is 12.5. The van der Waals surface area contributed by atoms with Crippen molar-refractivity contribution in [2.24, 2.45) is 5.73 Å². The first-order chi connectivity index (χ1) is 6.56. The van der Waals surface area contributed by atoms with Gasteiger partial charge in [0.1, 0.15) is 11.7 Å². The third kappa shape index (κ3) is 2.26. The van der Waals surface area contributed by atoms with E-state index in [4.69, 9.17) is 11.1 Å². The Balaban J connectivity index is 3.06. The topological polar surface area (TPSA) is 49.9 Å². The molecule has 0 aliphatic rings. The average molecular weight is 212 g/mol. The molecule has 1 atom stereocenters. The molecule has 0 aliphatic carbocycles. The van der Waals surface area contributed by atoms with E-state index in [1.807, 2.05) is 13.2 Å². The molecule has 0 aromatic heterocycles. The fraction of sp³-hybridized carbons (Fsp3) is 0.300. The standard InChI is InChI=1S/C10H13FN2S/c1-6(14-2)7-3-4-8(10(12)13)9(11)5-7/h3-6H,1-2H3,(H3,12,13). The molecule has 14 heavy (non-hydrogen) atoms. The Bertz CT molecular complexity index is 352. The Morgan fingerprint density at radius 1 is 1.57 bits per heavy atom. The van der Waals surface area contributed by atoms with E-state index in [1.54, 1.807) is 23.9 Å². The van der Waals surface area contributed by atoms with Crippen molar-refractivity contribution in [1.82, 2.24) is 0 Å². The largest absolute Gasteiger partial charge is 0.384 e. The quantitative estimate of drug-likeness (QED) is 0.597. The molecule has 0 saturated carbocycles. The van der Waals surface area contributed by atoms with Gasteiger partial charge in [-0.05, 0) is 30.9 Å². The van der Waals surface area contributed by atoms with Crippen LogP contribution in [0, 0.1) is 11.2 Å². The zero-order chi connectivity index (χ0) is 10.7. The summed E-state index contributed by atoms with van der Waals surface area (Å²) < 4.78 is 13.4. The van der Waals surface area contributed by atoms with Gasteiger partial charge in [-0.15, -0.1) is 0 Å². The Morgan fingerprint density at radius 3 is 2.64 bits per heavy atom. The first kappa shape index (κ1) is 11.0. The number of hydrogen-bond donors (Lipinski definition) is 2. The van der Waals surface area contributed by atoms with E-state index < -0.39 is 5.82 Å². The van der Waals surface area contributed by atoms with Gasteiger partial charge in [-0.3, -0.25) is 5.41 Å². The van der Waals surface area contributed by atoms with Crippen LogP contribution in [0.2, 0.25) is 0 Å². The molecule has 0 radical (unpaired) electrons. The lowest BCUT2D eigenvalue weighted by Gasteiger charge is -2.09. The van der Waals surface area contributed by atoms with Crippen molar-refractivity contribution in [3.05, 3.63) is 35.1 Å². The molecular weight excluding hydrogens is 199 g/mol. The zero-order valence-electron chi connectivity index (χ0n) is 8.17. The predicted octanol–water partition coefficient (Wildman–Crippen LogP) is 2.53. The third-order valence-corrected chi connectivity index (χ3v) is 3.09. The second kappa shape index (κ2) is 4.46. The van der Waals surface area contributed by atoms with Crippen LogP contribution >= 0.6 is 11.8 Å². The lowest BCUT2D eigenvalue weighted by molar-refractivity contribution is 0.622. The molecule has 3 N–H and O–H groups in total. The molecule has 0 bridgehead atoms. The summed E-state index contributed by atoms with van der Waals surface area (Å²) in [4.78, 5) is 0. The van der Waals surface area contributed by atoms with Crippen LogP contribution in [0.15, 0.2) is 18.2 Å². The number of nitrogens with one attached hydrogen (secondary N) is 1. The van der Waals surface area contributed by atoms with E-state index in [9.17, 15) is 4.39 Å². The molecule has 0 heterocycles. The lowest BCUT2D eigenvalue weighted by atomic mass is 10.1. The smallest absolute Gasteiger partial charge is 0.134 e. The fourth-order valence-corrected chi connectivity index (χ4v) is 1.56. The van der Waals surface area contributed by atoms with Gasteiger partial charge >= 0.3 is 0 Å².